The number of nitrogens with one attached hydrogen (secondary N) is 1. The van der Waals surface area contributed by atoms with Gasteiger partial charge in [0.15, 0.2) is 0 Å². The molecule has 9 heteroatoms. The Morgan fingerprint density at radius 3 is 2.54 bits per heavy atom. The number of likely N-dealkylation sites (tertiary alicyclic amines) is 1. The van der Waals surface area contributed by atoms with Crippen LogP contribution in [0.1, 0.15) is 44.7 Å². The van der Waals surface area contributed by atoms with Gasteiger partial charge in [-0.15, -0.1) is 0 Å². The Labute approximate surface area is 214 Å². The first-order valence-electron chi connectivity index (χ1n) is 12.4. The fraction of sp³-hybridized carbons (Fsp3) is 0.654. The number of hydrogen-bond acceptors (Lipinski definition) is 6. The minimum absolute atomic E-state index is 0.0623. The van der Waals surface area contributed by atoms with Crippen molar-refractivity contribution >= 4 is 39.4 Å². The number of hydrogen-bond donors (Lipinski definition) is 2. The quantitative estimate of drug-likeness (QED) is 0.381. The number of nitrogens with zero attached hydrogens (tertiary/aromatic N) is 1. The number of fused-ring (bicyclic) bond motifs is 1. The summed E-state index contributed by atoms with van der Waals surface area (Å²) in [6.45, 7) is 9.39. The largest absolute Gasteiger partial charge is 0.466 e. The van der Waals surface area contributed by atoms with Crippen molar-refractivity contribution in [1.29, 1.82) is 0 Å². The van der Waals surface area contributed by atoms with Crippen LogP contribution < -0.4 is 5.32 Å². The van der Waals surface area contributed by atoms with E-state index in [0.717, 1.165) is 11.1 Å². The molecule has 1 aromatic rings. The number of amides is 2. The van der Waals surface area contributed by atoms with Crippen molar-refractivity contribution in [3.63, 3.8) is 0 Å². The highest BCUT2D eigenvalue weighted by Crippen LogP contribution is 2.60. The molecule has 3 heterocycles. The summed E-state index contributed by atoms with van der Waals surface area (Å²) in [5.74, 6) is -2.89. The number of benzene rings is 1. The molecule has 2 N–H and O–H groups in total. The van der Waals surface area contributed by atoms with E-state index in [1.165, 1.54) is 4.90 Å². The zero-order valence-corrected chi connectivity index (χ0v) is 22.5. The molecule has 0 aliphatic carbocycles. The summed E-state index contributed by atoms with van der Waals surface area (Å²) < 4.78 is 11.8. The Hall–Kier alpha value is -1.97. The van der Waals surface area contributed by atoms with Crippen LogP contribution in [0.5, 0.6) is 0 Å². The SMILES string of the molecule is CCOC(=O)[C@@H]1[C@H]2O[C@@]3(CC2Br)[C@H](C(=O)Nc2c(C)cccc2C)N([C@@H](CO)[C@@H](C)CC)C(=O)[C@@H]13. The predicted molar refractivity (Wildman–Crippen MR) is 134 cm³/mol. The van der Waals surface area contributed by atoms with Gasteiger partial charge in [0.05, 0.1) is 37.2 Å². The fourth-order valence-electron chi connectivity index (χ4n) is 6.25. The lowest BCUT2D eigenvalue weighted by atomic mass is 9.70. The van der Waals surface area contributed by atoms with Crippen molar-refractivity contribution in [3.05, 3.63) is 29.3 Å². The maximum Gasteiger partial charge on any atom is 0.312 e. The lowest BCUT2D eigenvalue weighted by molar-refractivity contribution is -0.155. The smallest absolute Gasteiger partial charge is 0.312 e. The maximum absolute atomic E-state index is 14.1. The lowest BCUT2D eigenvalue weighted by Crippen LogP contribution is -2.57. The lowest BCUT2D eigenvalue weighted by Gasteiger charge is -2.39. The van der Waals surface area contributed by atoms with Gasteiger partial charge < -0.3 is 24.8 Å². The van der Waals surface area contributed by atoms with Crippen LogP contribution in [0.2, 0.25) is 0 Å². The number of para-hydroxylation sites is 1. The van der Waals surface area contributed by atoms with Gasteiger partial charge >= 0.3 is 5.97 Å². The van der Waals surface area contributed by atoms with E-state index in [2.05, 4.69) is 21.2 Å². The third kappa shape index (κ3) is 4.00. The molecule has 192 valence electrons. The molecule has 3 fully saturated rings. The number of esters is 1. The Kier molecular flexibility index (Phi) is 7.33. The molecule has 8 atom stereocenters. The summed E-state index contributed by atoms with van der Waals surface area (Å²) in [6.07, 6.45) is 0.560. The molecule has 3 aliphatic rings. The summed E-state index contributed by atoms with van der Waals surface area (Å²) >= 11 is 3.65. The summed E-state index contributed by atoms with van der Waals surface area (Å²) in [6, 6.07) is 4.18. The van der Waals surface area contributed by atoms with E-state index < -0.39 is 41.6 Å². The van der Waals surface area contributed by atoms with Crippen molar-refractivity contribution in [2.75, 3.05) is 18.5 Å². The van der Waals surface area contributed by atoms with Gasteiger partial charge in [-0.2, -0.15) is 0 Å². The van der Waals surface area contributed by atoms with Gasteiger partial charge in [0, 0.05) is 10.5 Å². The van der Waals surface area contributed by atoms with E-state index in [-0.39, 0.29) is 35.8 Å². The maximum atomic E-state index is 14.1. The molecule has 1 unspecified atom stereocenters. The molecule has 2 bridgehead atoms. The van der Waals surface area contributed by atoms with Gasteiger partial charge in [0.25, 0.3) is 0 Å². The summed E-state index contributed by atoms with van der Waals surface area (Å²) in [4.78, 5) is 42.4. The molecule has 0 saturated carbocycles. The zero-order valence-electron chi connectivity index (χ0n) is 20.9. The molecule has 2 amide bonds. The molecular formula is C26H35BrN2O6. The first-order chi connectivity index (χ1) is 16.6. The number of alkyl halides is 1. The van der Waals surface area contributed by atoms with Gasteiger partial charge in [0.2, 0.25) is 11.8 Å². The second-order valence-corrected chi connectivity index (χ2v) is 11.2. The Morgan fingerprint density at radius 1 is 1.31 bits per heavy atom. The van der Waals surface area contributed by atoms with Crippen LogP contribution in [-0.2, 0) is 23.9 Å². The molecule has 8 nitrogen and oxygen atoms in total. The van der Waals surface area contributed by atoms with E-state index in [0.29, 0.717) is 18.5 Å². The summed E-state index contributed by atoms with van der Waals surface area (Å²) in [7, 11) is 0. The van der Waals surface area contributed by atoms with E-state index in [4.69, 9.17) is 9.47 Å². The zero-order chi connectivity index (χ0) is 25.7. The average Bonchev–Trinajstić information content (AvgIpc) is 3.40. The molecular weight excluding hydrogens is 516 g/mol. The minimum Gasteiger partial charge on any atom is -0.466 e. The molecule has 1 spiro atoms. The van der Waals surface area contributed by atoms with E-state index in [1.807, 2.05) is 45.9 Å². The second-order valence-electron chi connectivity index (χ2n) is 10.1. The fourth-order valence-corrected chi connectivity index (χ4v) is 7.19. The standard InChI is InChI=1S/C26H35BrN2O6/c1-6-13(3)17(12-30)29-22(23(31)28-20-14(4)9-8-10-15(20)5)26-11-16(27)21(35-26)18(19(26)24(29)32)25(33)34-7-2/h8-10,13,16-19,21-22,30H,6-7,11-12H2,1-5H3,(H,28,31)/t13-,16?,17-,18-,19+,21-,22-,26+/m0/s1. The van der Waals surface area contributed by atoms with Crippen LogP contribution >= 0.6 is 15.9 Å². The number of aliphatic hydroxyl groups is 1. The van der Waals surface area contributed by atoms with Crippen molar-refractivity contribution in [1.82, 2.24) is 4.90 Å². The van der Waals surface area contributed by atoms with E-state index >= 15 is 0 Å². The van der Waals surface area contributed by atoms with Gasteiger partial charge in [-0.3, -0.25) is 14.4 Å². The van der Waals surface area contributed by atoms with Gasteiger partial charge in [-0.1, -0.05) is 54.4 Å². The average molecular weight is 551 g/mol. The summed E-state index contributed by atoms with van der Waals surface area (Å²) in [5.41, 5.74) is 1.32. The van der Waals surface area contributed by atoms with Crippen LogP contribution in [0.3, 0.4) is 0 Å². The van der Waals surface area contributed by atoms with E-state index in [1.54, 1.807) is 6.92 Å². The van der Waals surface area contributed by atoms with Crippen LogP contribution in [-0.4, -0.2) is 69.6 Å². The van der Waals surface area contributed by atoms with Crippen molar-refractivity contribution in [2.24, 2.45) is 17.8 Å². The Bertz CT molecular complexity index is 997. The van der Waals surface area contributed by atoms with Crippen molar-refractivity contribution in [3.8, 4) is 0 Å². The number of carbonyl (C=O) groups excluding carboxylic acids is 3. The van der Waals surface area contributed by atoms with Gasteiger partial charge in [-0.05, 0) is 44.2 Å². The van der Waals surface area contributed by atoms with Gasteiger partial charge in [0.1, 0.15) is 11.6 Å². The van der Waals surface area contributed by atoms with Crippen molar-refractivity contribution in [2.45, 2.75) is 76.1 Å². The van der Waals surface area contributed by atoms with Crippen LogP contribution in [0.15, 0.2) is 18.2 Å². The normalized spacial score (nSPS) is 32.9. The predicted octanol–water partition coefficient (Wildman–Crippen LogP) is 2.96. The molecule has 3 aliphatic heterocycles. The number of aryl methyl sites for hydroxylation is 2. The van der Waals surface area contributed by atoms with Crippen LogP contribution in [0, 0.1) is 31.6 Å². The van der Waals surface area contributed by atoms with Gasteiger partial charge in [-0.25, -0.2) is 0 Å². The second kappa shape index (κ2) is 9.82. The number of ether oxygens (including phenoxy) is 2. The Balaban J connectivity index is 1.81. The van der Waals surface area contributed by atoms with E-state index in [9.17, 15) is 19.5 Å². The molecule has 0 aromatic heterocycles. The first kappa shape index (κ1) is 26.1. The third-order valence-electron chi connectivity index (χ3n) is 8.11. The highest BCUT2D eigenvalue weighted by atomic mass is 79.9. The van der Waals surface area contributed by atoms with Crippen LogP contribution in [0.25, 0.3) is 0 Å². The minimum atomic E-state index is -1.19. The molecule has 35 heavy (non-hydrogen) atoms. The highest BCUT2D eigenvalue weighted by Gasteiger charge is 2.77. The monoisotopic (exact) mass is 550 g/mol. The topological polar surface area (TPSA) is 105 Å². The Morgan fingerprint density at radius 2 is 1.97 bits per heavy atom. The number of rotatable bonds is 8. The molecule has 1 aromatic carbocycles. The summed E-state index contributed by atoms with van der Waals surface area (Å²) in [5, 5.41) is 13.4. The highest BCUT2D eigenvalue weighted by molar-refractivity contribution is 9.09. The molecule has 0 radical (unpaired) electrons. The number of carbonyl (C=O) groups is 3. The first-order valence-corrected chi connectivity index (χ1v) is 13.3. The number of halogens is 1. The number of anilines is 1. The molecule has 3 saturated heterocycles. The molecule has 4 rings (SSSR count). The van der Waals surface area contributed by atoms with Crippen LogP contribution in [0.4, 0.5) is 5.69 Å². The van der Waals surface area contributed by atoms with Crippen molar-refractivity contribution < 1.29 is 29.0 Å². The third-order valence-corrected chi connectivity index (χ3v) is 8.95. The number of aliphatic hydroxyl groups excluding tert-OH is 1.